The Kier molecular flexibility index (Phi) is 4.12. The first-order valence-electron chi connectivity index (χ1n) is 9.12. The first-order chi connectivity index (χ1) is 12.7. The second kappa shape index (κ2) is 6.45. The minimum absolute atomic E-state index is 0.922. The Morgan fingerprint density at radius 3 is 2.35 bits per heavy atom. The van der Waals surface area contributed by atoms with E-state index in [1.54, 1.807) is 0 Å². The van der Waals surface area contributed by atoms with Crippen LogP contribution >= 0.6 is 0 Å². The summed E-state index contributed by atoms with van der Waals surface area (Å²) in [4.78, 5) is 4.61. The number of fused-ring (bicyclic) bond motifs is 5. The average molecular weight is 341 g/mol. The summed E-state index contributed by atoms with van der Waals surface area (Å²) in [5.41, 5.74) is 6.46. The van der Waals surface area contributed by atoms with Crippen molar-refractivity contribution in [3.63, 3.8) is 0 Å². The summed E-state index contributed by atoms with van der Waals surface area (Å²) in [6.07, 6.45) is 3.19. The predicted octanol–water partition coefficient (Wildman–Crippen LogP) is 6.82. The van der Waals surface area contributed by atoms with Crippen LogP contribution in [0.2, 0.25) is 0 Å². The van der Waals surface area contributed by atoms with Crippen molar-refractivity contribution in [3.05, 3.63) is 71.3 Å². The number of nitrogens with zero attached hydrogens (tertiary/aromatic N) is 1. The van der Waals surface area contributed by atoms with Crippen molar-refractivity contribution in [2.24, 2.45) is 4.99 Å². The molecule has 0 saturated heterocycles. The molecule has 0 aliphatic rings. The van der Waals surface area contributed by atoms with Crippen LogP contribution in [0.1, 0.15) is 31.4 Å². The molecule has 0 spiro atoms. The van der Waals surface area contributed by atoms with E-state index in [-0.39, 0.29) is 0 Å². The Morgan fingerprint density at radius 1 is 1.00 bits per heavy atom. The second-order valence-electron chi connectivity index (χ2n) is 6.80. The maximum Gasteiger partial charge on any atom is 0.145 e. The van der Waals surface area contributed by atoms with Gasteiger partial charge in [-0.3, -0.25) is 4.99 Å². The van der Waals surface area contributed by atoms with Crippen LogP contribution in [-0.2, 0) is 0 Å². The molecule has 4 rings (SSSR count). The third-order valence-corrected chi connectivity index (χ3v) is 5.24. The third-order valence-electron chi connectivity index (χ3n) is 5.24. The van der Waals surface area contributed by atoms with E-state index in [1.165, 1.54) is 27.3 Å². The summed E-state index contributed by atoms with van der Waals surface area (Å²) in [5, 5.41) is 4.83. The van der Waals surface area contributed by atoms with Crippen LogP contribution in [0.3, 0.4) is 0 Å². The molecule has 3 aromatic carbocycles. The minimum atomic E-state index is 0.922. The van der Waals surface area contributed by atoms with Gasteiger partial charge in [0.2, 0.25) is 0 Å². The van der Waals surface area contributed by atoms with Crippen LogP contribution < -0.4 is 0 Å². The number of allylic oxidation sites excluding steroid dienone is 2. The standard InChI is InChI=1S/C24H23NO/c1-5-15(2)14-20(25-4)22-16(3)17-10-6-7-11-18(17)23-19-12-8-9-13-21(19)26-24(22)23/h6-14H,5H2,1-4H3/b15-14-,25-20-. The molecular formula is C24H23NO. The molecule has 26 heavy (non-hydrogen) atoms. The highest BCUT2D eigenvalue weighted by Gasteiger charge is 2.20. The molecule has 0 aliphatic heterocycles. The minimum Gasteiger partial charge on any atom is -0.455 e. The van der Waals surface area contributed by atoms with E-state index in [4.69, 9.17) is 4.42 Å². The molecule has 0 saturated carbocycles. The predicted molar refractivity (Wildman–Crippen MR) is 112 cm³/mol. The van der Waals surface area contributed by atoms with Crippen molar-refractivity contribution in [2.75, 3.05) is 7.05 Å². The summed E-state index contributed by atoms with van der Waals surface area (Å²) >= 11 is 0. The fraction of sp³-hybridized carbons (Fsp3) is 0.208. The molecule has 0 atom stereocenters. The third kappa shape index (κ3) is 2.45. The summed E-state index contributed by atoms with van der Waals surface area (Å²) in [7, 11) is 1.86. The highest BCUT2D eigenvalue weighted by atomic mass is 16.3. The average Bonchev–Trinajstić information content (AvgIpc) is 3.06. The quantitative estimate of drug-likeness (QED) is 0.375. The number of aryl methyl sites for hydroxylation is 1. The van der Waals surface area contributed by atoms with Crippen LogP contribution in [0.15, 0.2) is 69.6 Å². The van der Waals surface area contributed by atoms with Gasteiger partial charge in [0.1, 0.15) is 11.2 Å². The van der Waals surface area contributed by atoms with Crippen LogP contribution in [0.4, 0.5) is 0 Å². The van der Waals surface area contributed by atoms with Gasteiger partial charge in [0.25, 0.3) is 0 Å². The van der Waals surface area contributed by atoms with E-state index in [0.29, 0.717) is 0 Å². The van der Waals surface area contributed by atoms with Crippen molar-refractivity contribution in [3.8, 4) is 0 Å². The summed E-state index contributed by atoms with van der Waals surface area (Å²) in [5.74, 6) is 0. The van der Waals surface area contributed by atoms with Gasteiger partial charge in [-0.05, 0) is 48.7 Å². The highest BCUT2D eigenvalue weighted by Crippen LogP contribution is 2.39. The van der Waals surface area contributed by atoms with Gasteiger partial charge in [0.15, 0.2) is 0 Å². The van der Waals surface area contributed by atoms with Crippen molar-refractivity contribution < 1.29 is 4.42 Å². The van der Waals surface area contributed by atoms with Crippen LogP contribution in [0, 0.1) is 6.92 Å². The van der Waals surface area contributed by atoms with E-state index in [2.05, 4.69) is 68.2 Å². The maximum absolute atomic E-state index is 6.36. The smallest absolute Gasteiger partial charge is 0.145 e. The van der Waals surface area contributed by atoms with Gasteiger partial charge < -0.3 is 4.42 Å². The Bertz CT molecular complexity index is 1190. The molecular weight excluding hydrogens is 318 g/mol. The fourth-order valence-electron chi connectivity index (χ4n) is 3.71. The van der Waals surface area contributed by atoms with E-state index in [0.717, 1.165) is 34.2 Å². The first-order valence-corrected chi connectivity index (χ1v) is 9.12. The molecule has 0 N–H and O–H groups in total. The molecule has 0 fully saturated rings. The second-order valence-corrected chi connectivity index (χ2v) is 6.80. The molecule has 0 unspecified atom stereocenters. The number of hydrogen-bond acceptors (Lipinski definition) is 2. The zero-order valence-corrected chi connectivity index (χ0v) is 15.8. The lowest BCUT2D eigenvalue weighted by atomic mass is 9.92. The van der Waals surface area contributed by atoms with Gasteiger partial charge in [0.05, 0.1) is 5.71 Å². The summed E-state index contributed by atoms with van der Waals surface area (Å²) in [6.45, 7) is 6.49. The monoisotopic (exact) mass is 341 g/mol. The topological polar surface area (TPSA) is 25.5 Å². The lowest BCUT2D eigenvalue weighted by Crippen LogP contribution is -2.03. The Balaban J connectivity index is 2.23. The Morgan fingerprint density at radius 2 is 1.65 bits per heavy atom. The SMILES string of the molecule is CC/C(C)=C\C(=N\C)c1c(C)c2ccccc2c2c1oc1ccccc12. The highest BCUT2D eigenvalue weighted by molar-refractivity contribution is 6.27. The van der Waals surface area contributed by atoms with Crippen LogP contribution in [-0.4, -0.2) is 12.8 Å². The molecule has 0 amide bonds. The van der Waals surface area contributed by atoms with E-state index in [9.17, 15) is 0 Å². The molecule has 1 aromatic heterocycles. The number of benzene rings is 3. The zero-order valence-electron chi connectivity index (χ0n) is 15.8. The van der Waals surface area contributed by atoms with Crippen molar-refractivity contribution in [1.29, 1.82) is 0 Å². The number of para-hydroxylation sites is 1. The van der Waals surface area contributed by atoms with Gasteiger partial charge in [-0.25, -0.2) is 0 Å². The van der Waals surface area contributed by atoms with Crippen molar-refractivity contribution >= 4 is 38.4 Å². The lowest BCUT2D eigenvalue weighted by Gasteiger charge is -2.12. The summed E-state index contributed by atoms with van der Waals surface area (Å²) in [6, 6.07) is 16.9. The van der Waals surface area contributed by atoms with Gasteiger partial charge in [-0.1, -0.05) is 55.0 Å². The number of furan rings is 1. The van der Waals surface area contributed by atoms with E-state index < -0.39 is 0 Å². The van der Waals surface area contributed by atoms with Crippen molar-refractivity contribution in [2.45, 2.75) is 27.2 Å². The normalized spacial score (nSPS) is 13.2. The van der Waals surface area contributed by atoms with Gasteiger partial charge in [-0.15, -0.1) is 0 Å². The van der Waals surface area contributed by atoms with Crippen LogP contribution in [0.25, 0.3) is 32.7 Å². The largest absolute Gasteiger partial charge is 0.455 e. The molecule has 1 heterocycles. The number of hydrogen-bond donors (Lipinski definition) is 0. The Hall–Kier alpha value is -2.87. The Labute approximate surface area is 153 Å². The number of aliphatic imine (C=N–C) groups is 1. The zero-order chi connectivity index (χ0) is 18.3. The lowest BCUT2D eigenvalue weighted by molar-refractivity contribution is 0.668. The van der Waals surface area contributed by atoms with E-state index in [1.807, 2.05) is 19.2 Å². The van der Waals surface area contributed by atoms with Gasteiger partial charge in [0, 0.05) is 23.4 Å². The molecule has 0 aliphatic carbocycles. The van der Waals surface area contributed by atoms with Crippen molar-refractivity contribution in [1.82, 2.24) is 0 Å². The molecule has 0 bridgehead atoms. The van der Waals surface area contributed by atoms with E-state index >= 15 is 0 Å². The number of rotatable bonds is 3. The molecule has 2 nitrogen and oxygen atoms in total. The first kappa shape index (κ1) is 16.6. The summed E-state index contributed by atoms with van der Waals surface area (Å²) < 4.78 is 6.36. The van der Waals surface area contributed by atoms with Crippen LogP contribution in [0.5, 0.6) is 0 Å². The van der Waals surface area contributed by atoms with Gasteiger partial charge in [-0.2, -0.15) is 0 Å². The maximum atomic E-state index is 6.36. The molecule has 2 heteroatoms. The molecule has 4 aromatic rings. The molecule has 0 radical (unpaired) electrons. The fourth-order valence-corrected chi connectivity index (χ4v) is 3.71. The molecule has 130 valence electrons. The van der Waals surface area contributed by atoms with Gasteiger partial charge >= 0.3 is 0 Å².